The summed E-state index contributed by atoms with van der Waals surface area (Å²) in [5.41, 5.74) is 0. The van der Waals surface area contributed by atoms with Crippen molar-refractivity contribution in [1.29, 1.82) is 0 Å². The van der Waals surface area contributed by atoms with Crippen LogP contribution in [0.2, 0.25) is 0 Å². The molecule has 0 saturated heterocycles. The minimum atomic E-state index is 0. The molecule has 1 aliphatic rings. The van der Waals surface area contributed by atoms with Gasteiger partial charge in [-0.1, -0.05) is 12.8 Å². The van der Waals surface area contributed by atoms with E-state index in [0.29, 0.717) is 0 Å². The van der Waals surface area contributed by atoms with E-state index in [0.717, 1.165) is 5.84 Å². The molecule has 0 aromatic carbocycles. The second kappa shape index (κ2) is 4.45. The van der Waals surface area contributed by atoms with Gasteiger partial charge in [-0.3, -0.25) is 0 Å². The van der Waals surface area contributed by atoms with E-state index < -0.39 is 0 Å². The van der Waals surface area contributed by atoms with Crippen molar-refractivity contribution in [2.75, 3.05) is 0 Å². The van der Waals surface area contributed by atoms with Crippen LogP contribution in [0.5, 0.6) is 0 Å². The van der Waals surface area contributed by atoms with Crippen molar-refractivity contribution >= 4 is 5.84 Å². The number of aliphatic imine (C=N–C) groups is 1. The van der Waals surface area contributed by atoms with E-state index >= 15 is 0 Å². The van der Waals surface area contributed by atoms with Gasteiger partial charge in [0, 0.05) is 32.7 Å². The van der Waals surface area contributed by atoms with Crippen molar-refractivity contribution in [3.05, 3.63) is 12.7 Å². The Morgan fingerprint density at radius 1 is 1.62 bits per heavy atom. The van der Waals surface area contributed by atoms with Crippen molar-refractivity contribution in [3.8, 4) is 0 Å². The molecule has 2 nitrogen and oxygen atoms in total. The monoisotopic (exact) mass is 187 g/mol. The smallest absolute Gasteiger partial charge is 0 e. The van der Waals surface area contributed by atoms with Crippen molar-refractivity contribution in [3.63, 3.8) is 0 Å². The zero-order chi connectivity index (χ0) is 4.57. The molecule has 0 aromatic rings. The number of hydrogen-bond acceptors (Lipinski definition) is 1. The number of nitrogens with zero attached hydrogens (tertiary/aromatic N) is 2. The Kier molecular flexibility index (Phi) is 6.33. The standard InChI is InChI=1S/C4H7N2.CH3.Y/c1-3-5-4(2)6-3;;/h3H,1-2H3;1H3;/q2*-1;. The Hall–Kier alpha value is 0.574. The molecule has 0 amide bonds. The van der Waals surface area contributed by atoms with Crippen LogP contribution in [-0.2, 0) is 32.7 Å². The first-order valence-corrected chi connectivity index (χ1v) is 2.04. The first-order chi connectivity index (χ1) is 2.79. The van der Waals surface area contributed by atoms with Crippen molar-refractivity contribution in [2.24, 2.45) is 4.99 Å². The predicted molar refractivity (Wildman–Crippen MR) is 32.3 cm³/mol. The van der Waals surface area contributed by atoms with Crippen LogP contribution >= 0.6 is 0 Å². The minimum absolute atomic E-state index is 0. The Morgan fingerprint density at radius 2 is 2.00 bits per heavy atom. The van der Waals surface area contributed by atoms with E-state index in [1.54, 1.807) is 0 Å². The van der Waals surface area contributed by atoms with Crippen LogP contribution in [0.15, 0.2) is 4.99 Å². The molecule has 0 aliphatic carbocycles. The molecular formula is C5H10N2Y-2. The molecule has 0 bridgehead atoms. The Balaban J connectivity index is 0. The van der Waals surface area contributed by atoms with Gasteiger partial charge < -0.3 is 17.7 Å². The summed E-state index contributed by atoms with van der Waals surface area (Å²) in [6, 6.07) is 0. The summed E-state index contributed by atoms with van der Waals surface area (Å²) in [5, 5.41) is 3.97. The van der Waals surface area contributed by atoms with Crippen LogP contribution in [0.3, 0.4) is 0 Å². The Bertz CT molecular complexity index is 90.4. The maximum atomic E-state index is 3.97. The predicted octanol–water partition coefficient (Wildman–Crippen LogP) is 1.59. The van der Waals surface area contributed by atoms with Gasteiger partial charge in [0.05, 0.1) is 0 Å². The Morgan fingerprint density at radius 3 is 2.00 bits per heavy atom. The quantitative estimate of drug-likeness (QED) is 0.515. The molecule has 0 N–H and O–H groups in total. The van der Waals surface area contributed by atoms with Crippen molar-refractivity contribution in [1.82, 2.24) is 0 Å². The van der Waals surface area contributed by atoms with Gasteiger partial charge in [0.25, 0.3) is 0 Å². The number of rotatable bonds is 0. The minimum Gasteiger partial charge on any atom is -0.467 e. The summed E-state index contributed by atoms with van der Waals surface area (Å²) in [7, 11) is 0. The fourth-order valence-electron chi connectivity index (χ4n) is 0.547. The average Bonchev–Trinajstić information content (AvgIpc) is 1.33. The summed E-state index contributed by atoms with van der Waals surface area (Å²) in [5.74, 6) is 0.933. The normalized spacial score (nSPS) is 22.8. The molecule has 1 heterocycles. The van der Waals surface area contributed by atoms with Gasteiger partial charge in [-0.05, 0) is 13.1 Å². The van der Waals surface area contributed by atoms with Gasteiger partial charge in [0.1, 0.15) is 0 Å². The van der Waals surface area contributed by atoms with E-state index in [1.165, 1.54) is 0 Å². The molecule has 0 fully saturated rings. The van der Waals surface area contributed by atoms with E-state index in [2.05, 4.69) is 10.3 Å². The van der Waals surface area contributed by atoms with Gasteiger partial charge in [0.15, 0.2) is 0 Å². The van der Waals surface area contributed by atoms with Crippen LogP contribution in [0.1, 0.15) is 13.8 Å². The molecule has 0 aromatic heterocycles. The van der Waals surface area contributed by atoms with E-state index in [9.17, 15) is 0 Å². The third-order valence-corrected chi connectivity index (χ3v) is 0.747. The van der Waals surface area contributed by atoms with Gasteiger partial charge in [-0.2, -0.15) is 0 Å². The molecule has 1 rings (SSSR count). The molecule has 0 saturated carbocycles. The molecule has 1 radical (unpaired) electrons. The van der Waals surface area contributed by atoms with Crippen LogP contribution in [0.25, 0.3) is 5.32 Å². The van der Waals surface area contributed by atoms with Crippen molar-refractivity contribution in [2.45, 2.75) is 20.0 Å². The van der Waals surface area contributed by atoms with E-state index in [1.807, 2.05) is 13.8 Å². The van der Waals surface area contributed by atoms with Crippen LogP contribution < -0.4 is 0 Å². The van der Waals surface area contributed by atoms with Gasteiger partial charge in [-0.15, -0.1) is 0 Å². The largest absolute Gasteiger partial charge is 0.467 e. The molecular weight excluding hydrogens is 177 g/mol. The molecule has 3 heteroatoms. The van der Waals surface area contributed by atoms with Gasteiger partial charge in [-0.25, -0.2) is 0 Å². The SMILES string of the molecule is CC1=NC(C)[N-]1.[CH3-].[Y]. The molecule has 1 aliphatic heterocycles. The van der Waals surface area contributed by atoms with Crippen LogP contribution in [-0.4, -0.2) is 12.0 Å². The fraction of sp³-hybridized carbons (Fsp3) is 0.600. The maximum absolute atomic E-state index is 3.97. The van der Waals surface area contributed by atoms with Crippen LogP contribution in [0.4, 0.5) is 0 Å². The molecule has 45 valence electrons. The van der Waals surface area contributed by atoms with Gasteiger partial charge in [0.2, 0.25) is 0 Å². The molecule has 8 heavy (non-hydrogen) atoms. The first kappa shape index (κ1) is 11.4. The summed E-state index contributed by atoms with van der Waals surface area (Å²) >= 11 is 0. The fourth-order valence-corrected chi connectivity index (χ4v) is 0.547. The Labute approximate surface area is 76.0 Å². The topological polar surface area (TPSA) is 26.5 Å². The average molecular weight is 187 g/mol. The summed E-state index contributed by atoms with van der Waals surface area (Å²) in [6.07, 6.45) is 0.255. The summed E-state index contributed by atoms with van der Waals surface area (Å²) < 4.78 is 0. The molecule has 0 spiro atoms. The molecule has 1 unspecified atom stereocenters. The summed E-state index contributed by atoms with van der Waals surface area (Å²) in [6.45, 7) is 3.87. The number of hydrogen-bond donors (Lipinski definition) is 0. The zero-order valence-corrected chi connectivity index (χ0v) is 8.39. The van der Waals surface area contributed by atoms with Gasteiger partial charge >= 0.3 is 0 Å². The maximum Gasteiger partial charge on any atom is 0 e. The van der Waals surface area contributed by atoms with E-state index in [4.69, 9.17) is 0 Å². The van der Waals surface area contributed by atoms with Crippen LogP contribution in [0, 0.1) is 7.43 Å². The van der Waals surface area contributed by atoms with Crippen molar-refractivity contribution < 1.29 is 32.7 Å². The third kappa shape index (κ3) is 2.78. The zero-order valence-electron chi connectivity index (χ0n) is 5.55. The molecule has 1 atom stereocenters. The second-order valence-corrected chi connectivity index (χ2v) is 1.44. The van der Waals surface area contributed by atoms with E-state index in [-0.39, 0.29) is 46.3 Å². The first-order valence-electron chi connectivity index (χ1n) is 2.04. The second-order valence-electron chi connectivity index (χ2n) is 1.44. The summed E-state index contributed by atoms with van der Waals surface area (Å²) in [4.78, 5) is 3.97. The number of amidine groups is 1. The third-order valence-electron chi connectivity index (χ3n) is 0.747.